The van der Waals surface area contributed by atoms with Crippen LogP contribution in [0.4, 0.5) is 4.39 Å². The Morgan fingerprint density at radius 2 is 1.95 bits per heavy atom. The molecule has 5 heteroatoms. The van der Waals surface area contributed by atoms with Crippen LogP contribution >= 0.6 is 0 Å². The van der Waals surface area contributed by atoms with Crippen LogP contribution in [0.15, 0.2) is 18.2 Å². The van der Waals surface area contributed by atoms with Gasteiger partial charge < -0.3 is 9.64 Å². The number of carbonyl (C=O) groups is 1. The maximum absolute atomic E-state index is 13.5. The molecule has 1 rings (SSSR count). The minimum absolute atomic E-state index is 0.0843. The zero-order chi connectivity index (χ0) is 15.1. The van der Waals surface area contributed by atoms with Crippen LogP contribution in [-0.4, -0.2) is 63.5 Å². The fourth-order valence-corrected chi connectivity index (χ4v) is 1.91. The first-order chi connectivity index (χ1) is 9.43. The van der Waals surface area contributed by atoms with Gasteiger partial charge in [-0.25, -0.2) is 4.39 Å². The molecule has 0 aromatic heterocycles. The molecule has 0 amide bonds. The van der Waals surface area contributed by atoms with Gasteiger partial charge in [0, 0.05) is 5.56 Å². The molecule has 4 nitrogen and oxygen atoms in total. The standard InChI is InChI=1S/C15H23FN2O2/c1-17(2)8-5-9-18(3)11-14(19)12-6-7-15(20-4)13(16)10-12/h6-7,10H,5,8-9,11H2,1-4H3. The highest BCUT2D eigenvalue weighted by atomic mass is 19.1. The van der Waals surface area contributed by atoms with Crippen LogP contribution in [-0.2, 0) is 0 Å². The van der Waals surface area contributed by atoms with Crippen molar-refractivity contribution in [2.75, 3.05) is 47.9 Å². The molecule has 0 bridgehead atoms. The maximum Gasteiger partial charge on any atom is 0.176 e. The molecule has 0 saturated carbocycles. The number of likely N-dealkylation sites (N-methyl/N-ethyl adjacent to an activating group) is 1. The second-order valence-corrected chi connectivity index (χ2v) is 5.17. The van der Waals surface area contributed by atoms with Crippen molar-refractivity contribution < 1.29 is 13.9 Å². The van der Waals surface area contributed by atoms with Crippen molar-refractivity contribution in [3.8, 4) is 5.75 Å². The predicted molar refractivity (Wildman–Crippen MR) is 78.0 cm³/mol. The number of methoxy groups -OCH3 is 1. The second kappa shape index (κ2) is 7.97. The highest BCUT2D eigenvalue weighted by Gasteiger charge is 2.12. The van der Waals surface area contributed by atoms with Crippen molar-refractivity contribution in [1.29, 1.82) is 0 Å². The van der Waals surface area contributed by atoms with E-state index in [2.05, 4.69) is 4.90 Å². The third-order valence-electron chi connectivity index (χ3n) is 3.03. The monoisotopic (exact) mass is 282 g/mol. The van der Waals surface area contributed by atoms with E-state index in [1.807, 2.05) is 26.0 Å². The van der Waals surface area contributed by atoms with Crippen molar-refractivity contribution in [2.24, 2.45) is 0 Å². The van der Waals surface area contributed by atoms with Crippen LogP contribution in [0.25, 0.3) is 0 Å². The molecule has 0 aliphatic rings. The molecule has 0 unspecified atom stereocenters. The first-order valence-electron chi connectivity index (χ1n) is 6.64. The molecule has 0 saturated heterocycles. The van der Waals surface area contributed by atoms with Crippen LogP contribution in [0, 0.1) is 5.82 Å². The van der Waals surface area contributed by atoms with Gasteiger partial charge in [-0.05, 0) is 58.9 Å². The number of halogens is 1. The quantitative estimate of drug-likeness (QED) is 0.682. The summed E-state index contributed by atoms with van der Waals surface area (Å²) in [5, 5.41) is 0. The lowest BCUT2D eigenvalue weighted by Crippen LogP contribution is -2.29. The van der Waals surface area contributed by atoms with Gasteiger partial charge in [0.2, 0.25) is 0 Å². The molecule has 0 aliphatic carbocycles. The van der Waals surface area contributed by atoms with E-state index >= 15 is 0 Å². The Bertz CT molecular complexity index is 449. The van der Waals surface area contributed by atoms with Gasteiger partial charge in [-0.2, -0.15) is 0 Å². The molecule has 20 heavy (non-hydrogen) atoms. The van der Waals surface area contributed by atoms with Crippen LogP contribution in [0.3, 0.4) is 0 Å². The summed E-state index contributed by atoms with van der Waals surface area (Å²) >= 11 is 0. The maximum atomic E-state index is 13.5. The lowest BCUT2D eigenvalue weighted by molar-refractivity contribution is 0.0944. The number of benzene rings is 1. The van der Waals surface area contributed by atoms with Gasteiger partial charge in [0.05, 0.1) is 13.7 Å². The Kier molecular flexibility index (Phi) is 6.61. The molecule has 0 fully saturated rings. The predicted octanol–water partition coefficient (Wildman–Crippen LogP) is 1.90. The fraction of sp³-hybridized carbons (Fsp3) is 0.533. The zero-order valence-electron chi connectivity index (χ0n) is 12.6. The van der Waals surface area contributed by atoms with E-state index in [1.54, 1.807) is 6.07 Å². The Hall–Kier alpha value is -1.46. The van der Waals surface area contributed by atoms with Crippen molar-refractivity contribution in [3.63, 3.8) is 0 Å². The number of hydrogen-bond acceptors (Lipinski definition) is 4. The number of hydrogen-bond donors (Lipinski definition) is 0. The minimum Gasteiger partial charge on any atom is -0.494 e. The molecule has 0 radical (unpaired) electrons. The lowest BCUT2D eigenvalue weighted by Gasteiger charge is -2.17. The van der Waals surface area contributed by atoms with E-state index in [0.717, 1.165) is 19.5 Å². The summed E-state index contributed by atoms with van der Waals surface area (Å²) in [5.74, 6) is -0.437. The molecule has 0 aliphatic heterocycles. The smallest absolute Gasteiger partial charge is 0.176 e. The van der Waals surface area contributed by atoms with Gasteiger partial charge in [0.15, 0.2) is 17.3 Å². The molecular weight excluding hydrogens is 259 g/mol. The molecule has 1 aromatic carbocycles. The first-order valence-corrected chi connectivity index (χ1v) is 6.64. The first kappa shape index (κ1) is 16.6. The third kappa shape index (κ3) is 5.27. The Morgan fingerprint density at radius 1 is 1.25 bits per heavy atom. The van der Waals surface area contributed by atoms with E-state index < -0.39 is 5.82 Å². The van der Waals surface area contributed by atoms with Crippen LogP contribution in [0.1, 0.15) is 16.8 Å². The number of ketones is 1. The highest BCUT2D eigenvalue weighted by Crippen LogP contribution is 2.18. The normalized spacial score (nSPS) is 11.2. The van der Waals surface area contributed by atoms with E-state index in [4.69, 9.17) is 4.74 Å². The summed E-state index contributed by atoms with van der Waals surface area (Å²) in [6, 6.07) is 4.31. The zero-order valence-corrected chi connectivity index (χ0v) is 12.6. The second-order valence-electron chi connectivity index (χ2n) is 5.17. The Labute approximate surface area is 120 Å². The van der Waals surface area contributed by atoms with Gasteiger partial charge in [0.1, 0.15) is 0 Å². The third-order valence-corrected chi connectivity index (χ3v) is 3.03. The van der Waals surface area contributed by atoms with Crippen molar-refractivity contribution in [3.05, 3.63) is 29.6 Å². The molecule has 1 aromatic rings. The van der Waals surface area contributed by atoms with E-state index in [0.29, 0.717) is 12.1 Å². The topological polar surface area (TPSA) is 32.8 Å². The Balaban J connectivity index is 2.51. The number of rotatable bonds is 8. The number of carbonyl (C=O) groups excluding carboxylic acids is 1. The summed E-state index contributed by atoms with van der Waals surface area (Å²) in [4.78, 5) is 16.1. The van der Waals surface area contributed by atoms with Crippen LogP contribution < -0.4 is 4.74 Å². The van der Waals surface area contributed by atoms with Crippen molar-refractivity contribution in [1.82, 2.24) is 9.80 Å². The van der Waals surface area contributed by atoms with Crippen LogP contribution in [0.5, 0.6) is 5.75 Å². The van der Waals surface area contributed by atoms with Crippen molar-refractivity contribution in [2.45, 2.75) is 6.42 Å². The SMILES string of the molecule is COc1ccc(C(=O)CN(C)CCCN(C)C)cc1F. The molecule has 0 spiro atoms. The number of nitrogens with zero attached hydrogens (tertiary/aromatic N) is 2. The van der Waals surface area contributed by atoms with Crippen LogP contribution in [0.2, 0.25) is 0 Å². The summed E-state index contributed by atoms with van der Waals surface area (Å²) in [6.07, 6.45) is 0.994. The summed E-state index contributed by atoms with van der Waals surface area (Å²) in [5.41, 5.74) is 0.378. The van der Waals surface area contributed by atoms with E-state index in [9.17, 15) is 9.18 Å². The largest absolute Gasteiger partial charge is 0.494 e. The van der Waals surface area contributed by atoms with Gasteiger partial charge in [-0.1, -0.05) is 0 Å². The number of ether oxygens (including phenoxy) is 1. The summed E-state index contributed by atoms with van der Waals surface area (Å²) < 4.78 is 18.4. The minimum atomic E-state index is -0.506. The Morgan fingerprint density at radius 3 is 2.50 bits per heavy atom. The molecule has 112 valence electrons. The van der Waals surface area contributed by atoms with Gasteiger partial charge in [0.25, 0.3) is 0 Å². The van der Waals surface area contributed by atoms with Gasteiger partial charge in [-0.15, -0.1) is 0 Å². The van der Waals surface area contributed by atoms with E-state index in [1.165, 1.54) is 19.2 Å². The average molecular weight is 282 g/mol. The summed E-state index contributed by atoms with van der Waals surface area (Å²) in [7, 11) is 7.34. The molecule has 0 atom stereocenters. The molecule has 0 N–H and O–H groups in total. The highest BCUT2D eigenvalue weighted by molar-refractivity contribution is 5.97. The van der Waals surface area contributed by atoms with Gasteiger partial charge in [-0.3, -0.25) is 9.69 Å². The number of Topliss-reactive ketones (excluding diaryl/α,β-unsaturated/α-hetero) is 1. The van der Waals surface area contributed by atoms with Gasteiger partial charge >= 0.3 is 0 Å². The fourth-order valence-electron chi connectivity index (χ4n) is 1.91. The lowest BCUT2D eigenvalue weighted by atomic mass is 10.1. The van der Waals surface area contributed by atoms with Crippen molar-refractivity contribution >= 4 is 5.78 Å². The summed E-state index contributed by atoms with van der Waals surface area (Å²) in [6.45, 7) is 2.11. The molecule has 0 heterocycles. The molecular formula is C15H23FN2O2. The van der Waals surface area contributed by atoms with E-state index in [-0.39, 0.29) is 11.5 Å². The average Bonchev–Trinajstić information content (AvgIpc) is 2.38.